The van der Waals surface area contributed by atoms with Crippen molar-refractivity contribution in [2.75, 3.05) is 5.32 Å². The fourth-order valence-electron chi connectivity index (χ4n) is 4.65. The number of halogens is 2. The summed E-state index contributed by atoms with van der Waals surface area (Å²) in [6.07, 6.45) is 3.80. The first-order valence-electron chi connectivity index (χ1n) is 11.8. The Morgan fingerprint density at radius 1 is 1.21 bits per heavy atom. The molecule has 2 atom stereocenters. The normalized spacial score (nSPS) is 20.3. The van der Waals surface area contributed by atoms with E-state index < -0.39 is 34.8 Å². The third kappa shape index (κ3) is 5.18. The Labute approximate surface area is 227 Å². The van der Waals surface area contributed by atoms with Crippen molar-refractivity contribution in [1.82, 2.24) is 18.9 Å². The van der Waals surface area contributed by atoms with Gasteiger partial charge in [0.25, 0.3) is 10.0 Å². The highest BCUT2D eigenvalue weighted by molar-refractivity contribution is 7.90. The number of benzene rings is 1. The summed E-state index contributed by atoms with van der Waals surface area (Å²) in [7, 11) is -8.91. The molecule has 1 aliphatic rings. The van der Waals surface area contributed by atoms with Gasteiger partial charge in [-0.25, -0.2) is 31.7 Å². The summed E-state index contributed by atoms with van der Waals surface area (Å²) in [5.41, 5.74) is 1.17. The van der Waals surface area contributed by atoms with Gasteiger partial charge in [-0.3, -0.25) is 4.57 Å². The second-order valence-electron chi connectivity index (χ2n) is 9.54. The van der Waals surface area contributed by atoms with Crippen LogP contribution in [-0.4, -0.2) is 53.6 Å². The molecule has 1 saturated carbocycles. The molecule has 15 heteroatoms. The van der Waals surface area contributed by atoms with Gasteiger partial charge >= 0.3 is 7.60 Å². The predicted octanol–water partition coefficient (Wildman–Crippen LogP) is 4.05. The molecule has 0 aliphatic heterocycles. The molecule has 3 aromatic heterocycles. The molecule has 0 bridgehead atoms. The molecular formula is C24H24ClFN5O6PS. The van der Waals surface area contributed by atoms with E-state index in [4.69, 9.17) is 11.6 Å². The van der Waals surface area contributed by atoms with E-state index in [1.54, 1.807) is 12.1 Å². The molecule has 0 unspecified atom stereocenters. The van der Waals surface area contributed by atoms with Crippen molar-refractivity contribution in [2.24, 2.45) is 0 Å². The second-order valence-corrected chi connectivity index (χ2v) is 13.7. The van der Waals surface area contributed by atoms with E-state index in [1.807, 2.05) is 6.92 Å². The Balaban J connectivity index is 1.57. The summed E-state index contributed by atoms with van der Waals surface area (Å²) in [6, 6.07) is 7.11. The summed E-state index contributed by atoms with van der Waals surface area (Å²) in [5.74, 6) is -1.14. The maximum atomic E-state index is 14.8. The zero-order valence-corrected chi connectivity index (χ0v) is 23.0. The summed E-state index contributed by atoms with van der Waals surface area (Å²) in [5, 5.41) is 11.6. The van der Waals surface area contributed by atoms with Crippen LogP contribution in [0, 0.1) is 12.7 Å². The van der Waals surface area contributed by atoms with Gasteiger partial charge in [0.1, 0.15) is 0 Å². The lowest BCUT2D eigenvalue weighted by molar-refractivity contribution is 0.0506. The Morgan fingerprint density at radius 2 is 1.92 bits per heavy atom. The molecule has 1 fully saturated rings. The van der Waals surface area contributed by atoms with Crippen LogP contribution in [0.1, 0.15) is 31.2 Å². The van der Waals surface area contributed by atoms with Gasteiger partial charge in [-0.15, -0.1) is 0 Å². The number of aryl methyl sites for hydroxylation is 1. The van der Waals surface area contributed by atoms with Crippen LogP contribution < -0.4 is 5.32 Å². The summed E-state index contributed by atoms with van der Waals surface area (Å²) < 4.78 is 54.6. The number of hydrogen-bond acceptors (Lipinski definition) is 8. The standard InChI is InChI=1S/C24H24ClFN5O6PS/c1-14-4-6-17(7-5-14)39(36,37)31-13-19(18-9-15(25)11-28-23(18)31)21-27-12-20(26)22(30-21)29-16-3-2-8-24(32,10-16)38(33,34)35/h4-7,9,11-13,16,32H,2-3,8,10H2,1H3,(H,27,29,30)(H2,33,34,35)/t16-,24+/m0/s1. The fourth-order valence-corrected chi connectivity index (χ4v) is 7.04. The van der Waals surface area contributed by atoms with Crippen molar-refractivity contribution in [3.8, 4) is 11.4 Å². The molecule has 0 saturated heterocycles. The molecule has 5 rings (SSSR count). The Bertz CT molecular complexity index is 1730. The zero-order chi connectivity index (χ0) is 28.2. The first-order chi connectivity index (χ1) is 18.3. The van der Waals surface area contributed by atoms with Crippen LogP contribution in [0.3, 0.4) is 0 Å². The number of hydrogen-bond donors (Lipinski definition) is 4. The van der Waals surface area contributed by atoms with Crippen LogP contribution in [0.2, 0.25) is 5.02 Å². The predicted molar refractivity (Wildman–Crippen MR) is 142 cm³/mol. The lowest BCUT2D eigenvalue weighted by atomic mass is 9.92. The Hall–Kier alpha value is -2.93. The third-order valence-corrected chi connectivity index (χ3v) is 10.1. The number of fused-ring (bicyclic) bond motifs is 1. The van der Waals surface area contributed by atoms with Crippen molar-refractivity contribution in [2.45, 2.75) is 48.9 Å². The number of nitrogens with one attached hydrogen (secondary N) is 1. The van der Waals surface area contributed by atoms with Crippen LogP contribution in [-0.2, 0) is 14.6 Å². The number of aromatic nitrogens is 4. The largest absolute Gasteiger partial charge is 0.377 e. The molecule has 1 aromatic carbocycles. The van der Waals surface area contributed by atoms with Gasteiger partial charge in [-0.2, -0.15) is 0 Å². The topological polar surface area (TPSA) is 168 Å². The van der Waals surface area contributed by atoms with E-state index >= 15 is 0 Å². The average Bonchev–Trinajstić information content (AvgIpc) is 3.24. The van der Waals surface area contributed by atoms with Crippen molar-refractivity contribution in [1.29, 1.82) is 0 Å². The van der Waals surface area contributed by atoms with E-state index in [1.165, 1.54) is 30.6 Å². The molecule has 11 nitrogen and oxygen atoms in total. The van der Waals surface area contributed by atoms with Gasteiger partial charge in [0, 0.05) is 35.8 Å². The molecule has 39 heavy (non-hydrogen) atoms. The van der Waals surface area contributed by atoms with Gasteiger partial charge in [-0.1, -0.05) is 29.3 Å². The smallest absolute Gasteiger partial charge is 0.356 e. The lowest BCUT2D eigenvalue weighted by Gasteiger charge is -2.37. The number of anilines is 1. The number of aliphatic hydroxyl groups is 1. The maximum Gasteiger partial charge on any atom is 0.356 e. The number of nitrogens with zero attached hydrogens (tertiary/aromatic N) is 4. The van der Waals surface area contributed by atoms with Crippen LogP contribution in [0.5, 0.6) is 0 Å². The van der Waals surface area contributed by atoms with Crippen molar-refractivity contribution >= 4 is 46.1 Å². The minimum Gasteiger partial charge on any atom is -0.377 e. The highest BCUT2D eigenvalue weighted by Gasteiger charge is 2.48. The molecule has 3 heterocycles. The number of pyridine rings is 1. The van der Waals surface area contributed by atoms with Crippen LogP contribution in [0.15, 0.2) is 53.8 Å². The molecule has 0 spiro atoms. The van der Waals surface area contributed by atoms with E-state index in [-0.39, 0.29) is 45.6 Å². The minimum atomic E-state index is -4.83. The van der Waals surface area contributed by atoms with Crippen LogP contribution >= 0.6 is 19.2 Å². The Kier molecular flexibility index (Phi) is 7.03. The minimum absolute atomic E-state index is 0.0329. The molecule has 206 valence electrons. The molecule has 0 radical (unpaired) electrons. The molecule has 0 amide bonds. The highest BCUT2D eigenvalue weighted by atomic mass is 35.5. The van der Waals surface area contributed by atoms with Gasteiger partial charge in [0.05, 0.1) is 16.1 Å². The molecule has 4 aromatic rings. The fraction of sp³-hybridized carbons (Fsp3) is 0.292. The van der Waals surface area contributed by atoms with E-state index in [2.05, 4.69) is 20.3 Å². The van der Waals surface area contributed by atoms with Crippen LogP contribution in [0.4, 0.5) is 10.2 Å². The first kappa shape index (κ1) is 27.6. The van der Waals surface area contributed by atoms with Crippen molar-refractivity contribution in [3.05, 3.63) is 65.3 Å². The van der Waals surface area contributed by atoms with Crippen molar-refractivity contribution in [3.63, 3.8) is 0 Å². The zero-order valence-electron chi connectivity index (χ0n) is 20.5. The van der Waals surface area contributed by atoms with Gasteiger partial charge in [0.15, 0.2) is 28.4 Å². The van der Waals surface area contributed by atoms with E-state index in [9.17, 15) is 32.3 Å². The quantitative estimate of drug-likeness (QED) is 0.239. The van der Waals surface area contributed by atoms with Crippen molar-refractivity contribution < 1.29 is 32.3 Å². The monoisotopic (exact) mass is 595 g/mol. The molecular weight excluding hydrogens is 572 g/mol. The Morgan fingerprint density at radius 3 is 2.62 bits per heavy atom. The highest BCUT2D eigenvalue weighted by Crippen LogP contribution is 2.56. The summed E-state index contributed by atoms with van der Waals surface area (Å²) in [4.78, 5) is 31.7. The molecule has 1 aliphatic carbocycles. The van der Waals surface area contributed by atoms with E-state index in [0.717, 1.165) is 15.7 Å². The lowest BCUT2D eigenvalue weighted by Crippen LogP contribution is -2.40. The van der Waals surface area contributed by atoms with Gasteiger partial charge < -0.3 is 20.2 Å². The van der Waals surface area contributed by atoms with E-state index in [0.29, 0.717) is 18.2 Å². The van der Waals surface area contributed by atoms with Gasteiger partial charge in [0.2, 0.25) is 0 Å². The van der Waals surface area contributed by atoms with Gasteiger partial charge in [-0.05, 0) is 44.4 Å². The summed E-state index contributed by atoms with van der Waals surface area (Å²) in [6.45, 7) is 1.83. The third-order valence-electron chi connectivity index (χ3n) is 6.73. The second kappa shape index (κ2) is 9.92. The average molecular weight is 596 g/mol. The van der Waals surface area contributed by atoms with Crippen LogP contribution in [0.25, 0.3) is 22.4 Å². The maximum absolute atomic E-state index is 14.8. The number of rotatable bonds is 6. The summed E-state index contributed by atoms with van der Waals surface area (Å²) >= 11 is 6.16. The SMILES string of the molecule is Cc1ccc(S(=O)(=O)n2cc(-c3ncc(F)c(N[C@H]4CCC[C@@](O)(P(=O)(O)O)C4)n3)c3cc(Cl)cnc32)cc1. The first-order valence-corrected chi connectivity index (χ1v) is 15.3. The molecule has 4 N–H and O–H groups in total.